The number of aromatic hydroxyl groups is 1. The van der Waals surface area contributed by atoms with E-state index in [1.165, 1.54) is 37.3 Å². The topological polar surface area (TPSA) is 133 Å². The maximum absolute atomic E-state index is 12.4. The van der Waals surface area contributed by atoms with Crippen LogP contribution in [0.15, 0.2) is 41.3 Å². The molecule has 2 aromatic carbocycles. The standard InChI is InChI=1S/C16H16N2O6S/c1-9-7-11(16(21)22)8-14(10(9)2)25(23,24)18-17-15(20)12-5-3-4-6-13(12)19/h3-8,18-19H,1-2H3,(H,17,20)(H,21,22). The van der Waals surface area contributed by atoms with Crippen molar-refractivity contribution in [2.75, 3.05) is 0 Å². The molecule has 0 spiro atoms. The zero-order valence-corrected chi connectivity index (χ0v) is 14.2. The van der Waals surface area contributed by atoms with E-state index in [0.717, 1.165) is 6.07 Å². The summed E-state index contributed by atoms with van der Waals surface area (Å²) in [4.78, 5) is 24.7. The van der Waals surface area contributed by atoms with Gasteiger partial charge in [0.2, 0.25) is 0 Å². The second-order valence-electron chi connectivity index (χ2n) is 5.30. The van der Waals surface area contributed by atoms with Gasteiger partial charge in [0.05, 0.1) is 16.0 Å². The van der Waals surface area contributed by atoms with Crippen LogP contribution in [0.2, 0.25) is 0 Å². The van der Waals surface area contributed by atoms with E-state index < -0.39 is 21.9 Å². The zero-order chi connectivity index (χ0) is 18.8. The first kappa shape index (κ1) is 18.4. The number of para-hydroxylation sites is 1. The highest BCUT2D eigenvalue weighted by molar-refractivity contribution is 7.89. The molecule has 0 aliphatic rings. The van der Waals surface area contributed by atoms with Gasteiger partial charge >= 0.3 is 5.97 Å². The van der Waals surface area contributed by atoms with E-state index >= 15 is 0 Å². The summed E-state index contributed by atoms with van der Waals surface area (Å²) in [5, 5.41) is 18.7. The van der Waals surface area contributed by atoms with Crippen LogP contribution in [-0.4, -0.2) is 30.5 Å². The lowest BCUT2D eigenvalue weighted by Crippen LogP contribution is -2.41. The largest absolute Gasteiger partial charge is 0.507 e. The average molecular weight is 364 g/mol. The summed E-state index contributed by atoms with van der Waals surface area (Å²) < 4.78 is 24.8. The molecule has 25 heavy (non-hydrogen) atoms. The van der Waals surface area contributed by atoms with Crippen molar-refractivity contribution in [1.29, 1.82) is 0 Å². The van der Waals surface area contributed by atoms with Crippen LogP contribution in [0.5, 0.6) is 5.75 Å². The van der Waals surface area contributed by atoms with E-state index in [2.05, 4.69) is 0 Å². The van der Waals surface area contributed by atoms with Crippen LogP contribution in [0.25, 0.3) is 0 Å². The number of phenols is 1. The van der Waals surface area contributed by atoms with Crippen LogP contribution in [0.1, 0.15) is 31.8 Å². The summed E-state index contributed by atoms with van der Waals surface area (Å²) in [5.41, 5.74) is 2.53. The molecule has 8 nitrogen and oxygen atoms in total. The summed E-state index contributed by atoms with van der Waals surface area (Å²) in [6, 6.07) is 8.00. The number of benzene rings is 2. The highest BCUT2D eigenvalue weighted by Crippen LogP contribution is 2.21. The molecule has 2 rings (SSSR count). The molecule has 0 aromatic heterocycles. The number of nitrogens with one attached hydrogen (secondary N) is 2. The van der Waals surface area contributed by atoms with Gasteiger partial charge in [-0.1, -0.05) is 12.1 Å². The quantitative estimate of drug-likeness (QED) is 0.592. The molecule has 0 aliphatic heterocycles. The Bertz CT molecular complexity index is 953. The molecular weight excluding hydrogens is 348 g/mol. The van der Waals surface area contributed by atoms with Gasteiger partial charge in [-0.2, -0.15) is 0 Å². The second kappa shape index (κ2) is 6.91. The number of hydrogen-bond donors (Lipinski definition) is 4. The molecule has 0 fully saturated rings. The SMILES string of the molecule is Cc1cc(C(=O)O)cc(S(=O)(=O)NNC(=O)c2ccccc2O)c1C. The van der Waals surface area contributed by atoms with Crippen molar-refractivity contribution in [3.05, 3.63) is 58.7 Å². The van der Waals surface area contributed by atoms with Crippen molar-refractivity contribution in [3.63, 3.8) is 0 Å². The maximum atomic E-state index is 12.4. The Morgan fingerprint density at radius 1 is 1.08 bits per heavy atom. The van der Waals surface area contributed by atoms with Gasteiger partial charge in [0, 0.05) is 0 Å². The number of carbonyl (C=O) groups excluding carboxylic acids is 1. The fourth-order valence-corrected chi connectivity index (χ4v) is 3.31. The number of sulfonamides is 1. The Kier molecular flexibility index (Phi) is 5.10. The van der Waals surface area contributed by atoms with Gasteiger partial charge in [-0.05, 0) is 49.2 Å². The summed E-state index contributed by atoms with van der Waals surface area (Å²) in [5.74, 6) is -2.43. The molecule has 9 heteroatoms. The normalized spacial score (nSPS) is 11.1. The molecule has 4 N–H and O–H groups in total. The van der Waals surface area contributed by atoms with Gasteiger partial charge in [-0.25, -0.2) is 13.2 Å². The van der Waals surface area contributed by atoms with E-state index in [1.54, 1.807) is 6.92 Å². The highest BCUT2D eigenvalue weighted by Gasteiger charge is 2.22. The number of aryl methyl sites for hydroxylation is 1. The van der Waals surface area contributed by atoms with E-state index in [4.69, 9.17) is 5.11 Å². The molecule has 0 heterocycles. The van der Waals surface area contributed by atoms with Crippen molar-refractivity contribution in [3.8, 4) is 5.75 Å². The smallest absolute Gasteiger partial charge is 0.335 e. The number of amides is 1. The Morgan fingerprint density at radius 2 is 1.72 bits per heavy atom. The lowest BCUT2D eigenvalue weighted by Gasteiger charge is -2.13. The van der Waals surface area contributed by atoms with Crippen molar-refractivity contribution in [1.82, 2.24) is 10.3 Å². The molecule has 0 saturated carbocycles. The number of carbonyl (C=O) groups is 2. The van der Waals surface area contributed by atoms with Crippen LogP contribution < -0.4 is 10.3 Å². The minimum Gasteiger partial charge on any atom is -0.507 e. The fraction of sp³-hybridized carbons (Fsp3) is 0.125. The number of phenolic OH excluding ortho intramolecular Hbond substituents is 1. The number of hydrogen-bond acceptors (Lipinski definition) is 5. The number of carboxylic acids is 1. The highest BCUT2D eigenvalue weighted by atomic mass is 32.2. The predicted octanol–water partition coefficient (Wildman–Crippen LogP) is 1.33. The van der Waals surface area contributed by atoms with Crippen LogP contribution in [0.4, 0.5) is 0 Å². The number of carboxylic acid groups (broad SMARTS) is 1. The van der Waals surface area contributed by atoms with Crippen molar-refractivity contribution in [2.24, 2.45) is 0 Å². The van der Waals surface area contributed by atoms with E-state index in [9.17, 15) is 23.1 Å². The lowest BCUT2D eigenvalue weighted by molar-refractivity contribution is 0.0696. The van der Waals surface area contributed by atoms with Gasteiger partial charge in [0.25, 0.3) is 15.9 Å². The second-order valence-corrected chi connectivity index (χ2v) is 6.95. The van der Waals surface area contributed by atoms with Gasteiger partial charge in [-0.15, -0.1) is 4.83 Å². The Morgan fingerprint density at radius 3 is 2.32 bits per heavy atom. The third-order valence-electron chi connectivity index (χ3n) is 3.60. The summed E-state index contributed by atoms with van der Waals surface area (Å²) in [6.07, 6.45) is 0. The molecule has 132 valence electrons. The summed E-state index contributed by atoms with van der Waals surface area (Å²) >= 11 is 0. The van der Waals surface area contributed by atoms with Gasteiger partial charge in [-0.3, -0.25) is 10.2 Å². The summed E-state index contributed by atoms with van der Waals surface area (Å²) in [7, 11) is -4.21. The first-order valence-electron chi connectivity index (χ1n) is 7.08. The fourth-order valence-electron chi connectivity index (χ4n) is 2.13. The minimum atomic E-state index is -4.21. The van der Waals surface area contributed by atoms with Crippen LogP contribution in [0.3, 0.4) is 0 Å². The first-order valence-corrected chi connectivity index (χ1v) is 8.56. The zero-order valence-electron chi connectivity index (χ0n) is 13.4. The van der Waals surface area contributed by atoms with E-state index in [0.29, 0.717) is 11.1 Å². The third-order valence-corrected chi connectivity index (χ3v) is 4.98. The average Bonchev–Trinajstić information content (AvgIpc) is 2.55. The number of aromatic carboxylic acids is 1. The monoisotopic (exact) mass is 364 g/mol. The molecule has 1 amide bonds. The molecular formula is C16H16N2O6S. The third kappa shape index (κ3) is 3.95. The minimum absolute atomic E-state index is 0.114. The van der Waals surface area contributed by atoms with E-state index in [1.807, 2.05) is 10.3 Å². The van der Waals surface area contributed by atoms with Gasteiger partial charge in [0.15, 0.2) is 0 Å². The maximum Gasteiger partial charge on any atom is 0.335 e. The van der Waals surface area contributed by atoms with E-state index in [-0.39, 0.29) is 21.8 Å². The summed E-state index contributed by atoms with van der Waals surface area (Å²) in [6.45, 7) is 3.11. The molecule has 0 bridgehead atoms. The molecule has 0 atom stereocenters. The molecule has 0 radical (unpaired) electrons. The Hall–Kier alpha value is -2.91. The van der Waals surface area contributed by atoms with Crippen molar-refractivity contribution in [2.45, 2.75) is 18.7 Å². The first-order chi connectivity index (χ1) is 11.6. The molecule has 2 aromatic rings. The van der Waals surface area contributed by atoms with Gasteiger partial charge in [0.1, 0.15) is 5.75 Å². The van der Waals surface area contributed by atoms with Crippen LogP contribution in [0, 0.1) is 13.8 Å². The number of rotatable bonds is 5. The Balaban J connectivity index is 2.30. The van der Waals surface area contributed by atoms with Gasteiger partial charge < -0.3 is 10.2 Å². The molecule has 0 unspecified atom stereocenters. The van der Waals surface area contributed by atoms with Crippen LogP contribution in [-0.2, 0) is 10.0 Å². The van der Waals surface area contributed by atoms with Crippen molar-refractivity contribution < 1.29 is 28.2 Å². The predicted molar refractivity (Wildman–Crippen MR) is 88.8 cm³/mol. The van der Waals surface area contributed by atoms with Crippen molar-refractivity contribution >= 4 is 21.9 Å². The Labute approximate surface area is 144 Å². The van der Waals surface area contributed by atoms with Crippen LogP contribution >= 0.6 is 0 Å². The number of hydrazine groups is 1. The molecule has 0 aliphatic carbocycles. The lowest BCUT2D eigenvalue weighted by atomic mass is 10.1. The molecule has 0 saturated heterocycles.